The normalized spacial score (nSPS) is 15.5. The van der Waals surface area contributed by atoms with Gasteiger partial charge >= 0.3 is 0 Å². The van der Waals surface area contributed by atoms with E-state index in [4.69, 9.17) is 0 Å². The lowest BCUT2D eigenvalue weighted by molar-refractivity contribution is -0.110. The van der Waals surface area contributed by atoms with Crippen molar-refractivity contribution in [1.29, 1.82) is 0 Å². The zero-order valence-corrected chi connectivity index (χ0v) is 11.0. The van der Waals surface area contributed by atoms with Gasteiger partial charge in [0.1, 0.15) is 5.82 Å². The maximum absolute atomic E-state index is 13.4. The van der Waals surface area contributed by atoms with Crippen molar-refractivity contribution in [3.8, 4) is 0 Å². The zero-order chi connectivity index (χ0) is 14.4. The third-order valence-corrected chi connectivity index (χ3v) is 3.69. The fourth-order valence-electron chi connectivity index (χ4n) is 2.67. The van der Waals surface area contributed by atoms with Crippen molar-refractivity contribution in [3.63, 3.8) is 0 Å². The van der Waals surface area contributed by atoms with Crippen LogP contribution in [0.1, 0.15) is 11.1 Å². The standard InChI is InChI=1S/C17H11FN2O/c18-11-5-6-15-13(8-11)10(9-19-15)7-14-12-3-1-2-4-16(12)20-17(14)21/h1-9,19H,(H,20,21)/b14-7-. The van der Waals surface area contributed by atoms with Crippen LogP contribution in [0.4, 0.5) is 10.1 Å². The number of amides is 1. The minimum absolute atomic E-state index is 0.137. The molecule has 1 aliphatic rings. The molecule has 0 unspecified atom stereocenters. The number of para-hydroxylation sites is 1. The van der Waals surface area contributed by atoms with Gasteiger partial charge in [-0.1, -0.05) is 18.2 Å². The number of benzene rings is 2. The van der Waals surface area contributed by atoms with Gasteiger partial charge in [0.2, 0.25) is 0 Å². The van der Waals surface area contributed by atoms with Crippen molar-refractivity contribution >= 4 is 34.1 Å². The first-order chi connectivity index (χ1) is 10.2. The topological polar surface area (TPSA) is 44.9 Å². The van der Waals surface area contributed by atoms with E-state index in [0.717, 1.165) is 27.7 Å². The molecule has 2 aromatic carbocycles. The van der Waals surface area contributed by atoms with Gasteiger partial charge in [0.25, 0.3) is 5.91 Å². The van der Waals surface area contributed by atoms with Crippen LogP contribution in [0.2, 0.25) is 0 Å². The lowest BCUT2D eigenvalue weighted by atomic mass is 10.0. The van der Waals surface area contributed by atoms with Crippen LogP contribution in [0.3, 0.4) is 0 Å². The van der Waals surface area contributed by atoms with Crippen LogP contribution in [-0.2, 0) is 4.79 Å². The van der Waals surface area contributed by atoms with E-state index >= 15 is 0 Å². The summed E-state index contributed by atoms with van der Waals surface area (Å²) < 4.78 is 13.4. The van der Waals surface area contributed by atoms with Crippen LogP contribution < -0.4 is 5.32 Å². The predicted molar refractivity (Wildman–Crippen MR) is 81.2 cm³/mol. The second kappa shape index (κ2) is 4.31. The highest BCUT2D eigenvalue weighted by molar-refractivity contribution is 6.35. The van der Waals surface area contributed by atoms with Gasteiger partial charge in [-0.15, -0.1) is 0 Å². The lowest BCUT2D eigenvalue weighted by Gasteiger charge is -1.97. The SMILES string of the molecule is O=C1Nc2ccccc2/C1=C/c1c[nH]c2ccc(F)cc12. The van der Waals surface area contributed by atoms with Gasteiger partial charge in [-0.05, 0) is 30.3 Å². The highest BCUT2D eigenvalue weighted by atomic mass is 19.1. The number of fused-ring (bicyclic) bond motifs is 2. The van der Waals surface area contributed by atoms with Crippen molar-refractivity contribution in [2.75, 3.05) is 5.32 Å². The highest BCUT2D eigenvalue weighted by Crippen LogP contribution is 2.33. The first kappa shape index (κ1) is 11.9. The molecule has 1 aromatic heterocycles. The number of hydrogen-bond donors (Lipinski definition) is 2. The van der Waals surface area contributed by atoms with E-state index in [-0.39, 0.29) is 11.7 Å². The van der Waals surface area contributed by atoms with Gasteiger partial charge in [0.15, 0.2) is 0 Å². The average Bonchev–Trinajstić information content (AvgIpc) is 3.01. The van der Waals surface area contributed by atoms with E-state index in [1.165, 1.54) is 12.1 Å². The molecule has 0 radical (unpaired) electrons. The molecule has 4 heteroatoms. The number of hydrogen-bond acceptors (Lipinski definition) is 1. The second-order valence-electron chi connectivity index (χ2n) is 4.99. The highest BCUT2D eigenvalue weighted by Gasteiger charge is 2.23. The summed E-state index contributed by atoms with van der Waals surface area (Å²) in [6.07, 6.45) is 3.57. The number of carbonyl (C=O) groups excluding carboxylic acids is 1. The lowest BCUT2D eigenvalue weighted by Crippen LogP contribution is -2.03. The molecular weight excluding hydrogens is 267 g/mol. The Balaban J connectivity index is 1.91. The number of carbonyl (C=O) groups is 1. The minimum Gasteiger partial charge on any atom is -0.361 e. The van der Waals surface area contributed by atoms with Crippen LogP contribution in [0.15, 0.2) is 48.7 Å². The Morgan fingerprint density at radius 2 is 1.95 bits per heavy atom. The molecule has 1 aliphatic heterocycles. The van der Waals surface area contributed by atoms with Gasteiger partial charge in [-0.2, -0.15) is 0 Å². The Labute approximate surface area is 120 Å². The van der Waals surface area contributed by atoms with E-state index in [1.807, 2.05) is 24.3 Å². The molecule has 0 saturated carbocycles. The number of halogens is 1. The van der Waals surface area contributed by atoms with Crippen LogP contribution in [-0.4, -0.2) is 10.9 Å². The Kier molecular flexibility index (Phi) is 2.44. The number of rotatable bonds is 1. The van der Waals surface area contributed by atoms with Gasteiger partial charge in [-0.3, -0.25) is 4.79 Å². The van der Waals surface area contributed by atoms with Gasteiger partial charge in [-0.25, -0.2) is 4.39 Å². The van der Waals surface area contributed by atoms with Gasteiger partial charge < -0.3 is 10.3 Å². The largest absolute Gasteiger partial charge is 0.361 e. The van der Waals surface area contributed by atoms with Crippen molar-refractivity contribution in [1.82, 2.24) is 4.98 Å². The number of aromatic nitrogens is 1. The van der Waals surface area contributed by atoms with Crippen molar-refractivity contribution < 1.29 is 9.18 Å². The van der Waals surface area contributed by atoms with E-state index < -0.39 is 0 Å². The monoisotopic (exact) mass is 278 g/mol. The molecule has 2 N–H and O–H groups in total. The molecule has 3 nitrogen and oxygen atoms in total. The van der Waals surface area contributed by atoms with Gasteiger partial charge in [0.05, 0.1) is 0 Å². The molecule has 1 amide bonds. The van der Waals surface area contributed by atoms with E-state index in [9.17, 15) is 9.18 Å². The molecule has 102 valence electrons. The van der Waals surface area contributed by atoms with E-state index in [0.29, 0.717) is 5.57 Å². The number of nitrogens with one attached hydrogen (secondary N) is 2. The van der Waals surface area contributed by atoms with Crippen molar-refractivity contribution in [2.24, 2.45) is 0 Å². The maximum Gasteiger partial charge on any atom is 0.256 e. The second-order valence-corrected chi connectivity index (χ2v) is 4.99. The summed E-state index contributed by atoms with van der Waals surface area (Å²) in [5.74, 6) is -0.431. The Morgan fingerprint density at radius 3 is 2.86 bits per heavy atom. The molecular formula is C17H11FN2O. The quantitative estimate of drug-likeness (QED) is 0.653. The van der Waals surface area contributed by atoms with Gasteiger partial charge in [0, 0.05) is 39.5 Å². The molecule has 21 heavy (non-hydrogen) atoms. The molecule has 0 saturated heterocycles. The third-order valence-electron chi connectivity index (χ3n) is 3.69. The van der Waals surface area contributed by atoms with Crippen LogP contribution in [0.25, 0.3) is 22.6 Å². The number of aromatic amines is 1. The number of anilines is 1. The summed E-state index contributed by atoms with van der Waals surface area (Å²) in [4.78, 5) is 15.2. The molecule has 0 aliphatic carbocycles. The van der Waals surface area contributed by atoms with Crippen LogP contribution in [0, 0.1) is 5.82 Å². The Morgan fingerprint density at radius 1 is 1.10 bits per heavy atom. The zero-order valence-electron chi connectivity index (χ0n) is 11.0. The molecule has 0 atom stereocenters. The minimum atomic E-state index is -0.293. The van der Waals surface area contributed by atoms with Crippen LogP contribution >= 0.6 is 0 Å². The summed E-state index contributed by atoms with van der Waals surface area (Å²) in [6.45, 7) is 0. The average molecular weight is 278 g/mol. The van der Waals surface area contributed by atoms with E-state index in [1.54, 1.807) is 18.3 Å². The maximum atomic E-state index is 13.4. The van der Waals surface area contributed by atoms with E-state index in [2.05, 4.69) is 10.3 Å². The first-order valence-electron chi connectivity index (χ1n) is 6.61. The summed E-state index contributed by atoms with van der Waals surface area (Å²) in [6, 6.07) is 12.1. The molecule has 0 bridgehead atoms. The summed E-state index contributed by atoms with van der Waals surface area (Å²) in [7, 11) is 0. The Hall–Kier alpha value is -2.88. The predicted octanol–water partition coefficient (Wildman–Crippen LogP) is 3.80. The first-order valence-corrected chi connectivity index (χ1v) is 6.61. The molecule has 2 heterocycles. The van der Waals surface area contributed by atoms with Crippen LogP contribution in [0.5, 0.6) is 0 Å². The fraction of sp³-hybridized carbons (Fsp3) is 0. The van der Waals surface area contributed by atoms with Crippen molar-refractivity contribution in [2.45, 2.75) is 0 Å². The Bertz CT molecular complexity index is 908. The fourth-order valence-corrected chi connectivity index (χ4v) is 2.67. The number of H-pyrrole nitrogens is 1. The third kappa shape index (κ3) is 1.84. The molecule has 3 aromatic rings. The summed E-state index contributed by atoms with van der Waals surface area (Å²) in [5.41, 5.74) is 3.91. The smallest absolute Gasteiger partial charge is 0.256 e. The molecule has 0 fully saturated rings. The van der Waals surface area contributed by atoms with Crippen molar-refractivity contribution in [3.05, 3.63) is 65.6 Å². The summed E-state index contributed by atoms with van der Waals surface area (Å²) in [5, 5.41) is 3.59. The molecule has 4 rings (SSSR count). The molecule has 0 spiro atoms. The summed E-state index contributed by atoms with van der Waals surface area (Å²) >= 11 is 0.